The van der Waals surface area contributed by atoms with Crippen LogP contribution in [0.15, 0.2) is 0 Å². The molecular formula is C12H11Cl5O2. The van der Waals surface area contributed by atoms with Crippen LogP contribution < -0.4 is 4.74 Å². The SMILES string of the molecule is CCC1OCC1COc1c(Cl)c(Cl)c(Cl)c(Cl)c1Cl. The van der Waals surface area contributed by atoms with Crippen molar-refractivity contribution in [2.75, 3.05) is 13.2 Å². The molecule has 0 N–H and O–H groups in total. The average Bonchev–Trinajstić information content (AvgIpc) is 2.37. The molecule has 7 heteroatoms. The van der Waals surface area contributed by atoms with E-state index in [4.69, 9.17) is 67.5 Å². The van der Waals surface area contributed by atoms with Crippen LogP contribution in [-0.2, 0) is 4.74 Å². The van der Waals surface area contributed by atoms with Gasteiger partial charge >= 0.3 is 0 Å². The van der Waals surface area contributed by atoms with Gasteiger partial charge in [0.15, 0.2) is 5.75 Å². The number of hydrogen-bond acceptors (Lipinski definition) is 2. The molecule has 1 fully saturated rings. The molecule has 0 amide bonds. The molecular weight excluding hydrogens is 353 g/mol. The maximum atomic E-state index is 6.07. The second-order valence-corrected chi connectivity index (χ2v) is 6.14. The summed E-state index contributed by atoms with van der Waals surface area (Å²) in [7, 11) is 0. The molecule has 0 radical (unpaired) electrons. The molecule has 106 valence electrons. The second-order valence-electron chi connectivity index (χ2n) is 4.25. The highest BCUT2D eigenvalue weighted by Crippen LogP contribution is 2.48. The molecule has 0 aromatic heterocycles. The van der Waals surface area contributed by atoms with Crippen molar-refractivity contribution in [2.45, 2.75) is 19.4 Å². The zero-order valence-electron chi connectivity index (χ0n) is 9.98. The van der Waals surface area contributed by atoms with Crippen LogP contribution >= 0.6 is 58.0 Å². The lowest BCUT2D eigenvalue weighted by molar-refractivity contribution is -0.128. The fourth-order valence-corrected chi connectivity index (χ4v) is 3.11. The van der Waals surface area contributed by atoms with Crippen LogP contribution in [0.3, 0.4) is 0 Å². The van der Waals surface area contributed by atoms with Gasteiger partial charge < -0.3 is 9.47 Å². The van der Waals surface area contributed by atoms with Gasteiger partial charge in [-0.25, -0.2) is 0 Å². The zero-order chi connectivity index (χ0) is 14.2. The van der Waals surface area contributed by atoms with Crippen molar-refractivity contribution in [1.29, 1.82) is 0 Å². The fraction of sp³-hybridized carbons (Fsp3) is 0.500. The van der Waals surface area contributed by atoms with E-state index in [0.717, 1.165) is 6.42 Å². The van der Waals surface area contributed by atoms with E-state index in [0.29, 0.717) is 19.1 Å². The van der Waals surface area contributed by atoms with Crippen LogP contribution in [0, 0.1) is 5.92 Å². The van der Waals surface area contributed by atoms with Crippen molar-refractivity contribution in [2.24, 2.45) is 5.92 Å². The third-order valence-corrected chi connectivity index (χ3v) is 5.31. The van der Waals surface area contributed by atoms with Gasteiger partial charge in [-0.05, 0) is 6.42 Å². The van der Waals surface area contributed by atoms with Crippen LogP contribution in [0.1, 0.15) is 13.3 Å². The Hall–Kier alpha value is 0.430. The largest absolute Gasteiger partial charge is 0.490 e. The van der Waals surface area contributed by atoms with Crippen molar-refractivity contribution >= 4 is 58.0 Å². The third-order valence-electron chi connectivity index (χ3n) is 3.06. The Balaban J connectivity index is 2.16. The molecule has 1 aromatic carbocycles. The minimum atomic E-state index is 0.129. The van der Waals surface area contributed by atoms with E-state index in [1.807, 2.05) is 0 Å². The lowest BCUT2D eigenvalue weighted by Gasteiger charge is -2.36. The topological polar surface area (TPSA) is 18.5 Å². The summed E-state index contributed by atoms with van der Waals surface area (Å²) >= 11 is 30.0. The van der Waals surface area contributed by atoms with E-state index >= 15 is 0 Å². The molecule has 2 nitrogen and oxygen atoms in total. The Kier molecular flexibility index (Phi) is 5.38. The highest BCUT2D eigenvalue weighted by atomic mass is 35.5. The van der Waals surface area contributed by atoms with E-state index in [2.05, 4.69) is 6.92 Å². The van der Waals surface area contributed by atoms with Gasteiger partial charge in [0.25, 0.3) is 0 Å². The molecule has 1 saturated heterocycles. The first-order valence-corrected chi connectivity index (χ1v) is 7.62. The smallest absolute Gasteiger partial charge is 0.159 e. The number of halogens is 5. The normalized spacial score (nSPS) is 22.2. The summed E-state index contributed by atoms with van der Waals surface area (Å²) in [6.07, 6.45) is 1.16. The van der Waals surface area contributed by atoms with Gasteiger partial charge in [-0.1, -0.05) is 64.9 Å². The fourth-order valence-electron chi connectivity index (χ4n) is 1.88. The van der Waals surface area contributed by atoms with E-state index in [1.54, 1.807) is 0 Å². The highest BCUT2D eigenvalue weighted by molar-refractivity contribution is 6.55. The minimum absolute atomic E-state index is 0.129. The molecule has 1 heterocycles. The molecule has 0 spiro atoms. The Morgan fingerprint density at radius 1 is 1.00 bits per heavy atom. The molecule has 0 bridgehead atoms. The Bertz CT molecular complexity index is 460. The van der Waals surface area contributed by atoms with Gasteiger partial charge in [0, 0.05) is 5.92 Å². The summed E-state index contributed by atoms with van der Waals surface area (Å²) in [6.45, 7) is 3.18. The Labute approximate surface area is 136 Å². The van der Waals surface area contributed by atoms with Crippen molar-refractivity contribution in [1.82, 2.24) is 0 Å². The quantitative estimate of drug-likeness (QED) is 0.500. The first kappa shape index (κ1) is 15.8. The van der Waals surface area contributed by atoms with Crippen molar-refractivity contribution in [3.8, 4) is 5.75 Å². The van der Waals surface area contributed by atoms with E-state index < -0.39 is 0 Å². The summed E-state index contributed by atoms with van der Waals surface area (Å²) in [5.41, 5.74) is 0. The molecule has 19 heavy (non-hydrogen) atoms. The first-order chi connectivity index (χ1) is 8.97. The predicted octanol–water partition coefficient (Wildman–Crippen LogP) is 5.76. The molecule has 1 aromatic rings. The summed E-state index contributed by atoms with van der Waals surface area (Å²) < 4.78 is 11.0. The number of benzene rings is 1. The van der Waals surface area contributed by atoms with Gasteiger partial charge in [-0.2, -0.15) is 0 Å². The van der Waals surface area contributed by atoms with Crippen LogP contribution in [0.4, 0.5) is 0 Å². The molecule has 1 aliphatic rings. The lowest BCUT2D eigenvalue weighted by atomic mass is 9.97. The first-order valence-electron chi connectivity index (χ1n) is 5.73. The molecule has 0 aliphatic carbocycles. The number of rotatable bonds is 4. The van der Waals surface area contributed by atoms with Gasteiger partial charge in [0.1, 0.15) is 10.0 Å². The number of ether oxygens (including phenoxy) is 2. The standard InChI is InChI=1S/C12H11Cl5O2/c1-2-6-5(3-18-6)4-19-12-10(16)8(14)7(13)9(15)11(12)17/h5-6H,2-4H2,1H3. The van der Waals surface area contributed by atoms with Gasteiger partial charge in [0.2, 0.25) is 0 Å². The van der Waals surface area contributed by atoms with E-state index in [-0.39, 0.29) is 37.0 Å². The van der Waals surface area contributed by atoms with Crippen LogP contribution in [0.25, 0.3) is 0 Å². The molecule has 2 unspecified atom stereocenters. The minimum Gasteiger partial charge on any atom is -0.490 e. The zero-order valence-corrected chi connectivity index (χ0v) is 13.8. The summed E-state index contributed by atoms with van der Waals surface area (Å²) in [5.74, 6) is 0.592. The maximum absolute atomic E-state index is 6.07. The summed E-state index contributed by atoms with van der Waals surface area (Å²) in [5, 5.41) is 0.766. The molecule has 2 rings (SSSR count). The van der Waals surface area contributed by atoms with Crippen LogP contribution in [0.5, 0.6) is 5.75 Å². The van der Waals surface area contributed by atoms with Gasteiger partial charge in [0.05, 0.1) is 34.4 Å². The van der Waals surface area contributed by atoms with E-state index in [1.165, 1.54) is 0 Å². The van der Waals surface area contributed by atoms with Crippen LogP contribution in [-0.4, -0.2) is 19.3 Å². The van der Waals surface area contributed by atoms with Crippen molar-refractivity contribution in [3.05, 3.63) is 25.1 Å². The Morgan fingerprint density at radius 2 is 1.53 bits per heavy atom. The molecule has 1 aliphatic heterocycles. The van der Waals surface area contributed by atoms with E-state index in [9.17, 15) is 0 Å². The summed E-state index contributed by atoms with van der Waals surface area (Å²) in [4.78, 5) is 0. The predicted molar refractivity (Wildman–Crippen MR) is 80.5 cm³/mol. The lowest BCUT2D eigenvalue weighted by Crippen LogP contribution is -2.42. The average molecular weight is 364 g/mol. The maximum Gasteiger partial charge on any atom is 0.159 e. The van der Waals surface area contributed by atoms with Gasteiger partial charge in [-0.15, -0.1) is 0 Å². The second kappa shape index (κ2) is 6.46. The Morgan fingerprint density at radius 3 is 1.95 bits per heavy atom. The van der Waals surface area contributed by atoms with Crippen molar-refractivity contribution < 1.29 is 9.47 Å². The third kappa shape index (κ3) is 3.04. The van der Waals surface area contributed by atoms with Crippen molar-refractivity contribution in [3.63, 3.8) is 0 Å². The monoisotopic (exact) mass is 362 g/mol. The molecule has 0 saturated carbocycles. The number of hydrogen-bond donors (Lipinski definition) is 0. The van der Waals surface area contributed by atoms with Crippen LogP contribution in [0.2, 0.25) is 25.1 Å². The van der Waals surface area contributed by atoms with Gasteiger partial charge in [-0.3, -0.25) is 0 Å². The summed E-state index contributed by atoms with van der Waals surface area (Å²) in [6, 6.07) is 0. The highest BCUT2D eigenvalue weighted by Gasteiger charge is 2.32. The molecule has 2 atom stereocenters.